The molecule has 2 aromatic rings. The van der Waals surface area contributed by atoms with Crippen LogP contribution in [0.5, 0.6) is 0 Å². The number of methoxy groups -OCH3 is 1. The minimum atomic E-state index is -0.665. The Balaban J connectivity index is 2.47. The van der Waals surface area contributed by atoms with Crippen molar-refractivity contribution in [2.24, 2.45) is 0 Å². The van der Waals surface area contributed by atoms with Gasteiger partial charge in [-0.15, -0.1) is 5.10 Å². The Morgan fingerprint density at radius 1 is 1.56 bits per heavy atom. The molecule has 7 nitrogen and oxygen atoms in total. The number of aromatic nitrogens is 4. The fourth-order valence-electron chi connectivity index (χ4n) is 1.23. The summed E-state index contributed by atoms with van der Waals surface area (Å²) in [6.07, 6.45) is 2.68. The van der Waals surface area contributed by atoms with E-state index >= 15 is 0 Å². The number of pyridine rings is 1. The van der Waals surface area contributed by atoms with E-state index < -0.39 is 5.97 Å². The van der Waals surface area contributed by atoms with Crippen LogP contribution in [-0.2, 0) is 4.74 Å². The summed E-state index contributed by atoms with van der Waals surface area (Å²) >= 11 is 5.98. The van der Waals surface area contributed by atoms with Gasteiger partial charge in [0, 0.05) is 6.20 Å². The zero-order valence-electron chi connectivity index (χ0n) is 9.16. The summed E-state index contributed by atoms with van der Waals surface area (Å²) in [6, 6.07) is 3.40. The van der Waals surface area contributed by atoms with E-state index in [-0.39, 0.29) is 22.2 Å². The summed E-state index contributed by atoms with van der Waals surface area (Å²) < 4.78 is 5.68. The molecule has 0 bridgehead atoms. The highest BCUT2D eigenvalue weighted by Gasteiger charge is 2.15. The fraction of sp³-hybridized carbons (Fsp3) is 0.100. The number of hydrogen-bond donors (Lipinski definition) is 0. The first-order valence-electron chi connectivity index (χ1n) is 4.72. The molecule has 0 N–H and O–H groups in total. The Labute approximate surface area is 107 Å². The van der Waals surface area contributed by atoms with Gasteiger partial charge in [0.2, 0.25) is 0 Å². The molecule has 0 atom stereocenters. The maximum Gasteiger partial charge on any atom is 0.377 e. The van der Waals surface area contributed by atoms with Gasteiger partial charge in [-0.2, -0.15) is 5.26 Å². The van der Waals surface area contributed by atoms with Crippen LogP contribution in [-0.4, -0.2) is 32.8 Å². The van der Waals surface area contributed by atoms with Gasteiger partial charge in [-0.05, 0) is 6.07 Å². The van der Waals surface area contributed by atoms with E-state index in [1.807, 2.05) is 6.07 Å². The SMILES string of the molecule is COC(=O)c1ncn(-c2nccc(C#N)c2Cl)n1. The smallest absolute Gasteiger partial charge is 0.377 e. The number of nitrogens with zero attached hydrogens (tertiary/aromatic N) is 5. The normalized spacial score (nSPS) is 9.83. The van der Waals surface area contributed by atoms with Gasteiger partial charge < -0.3 is 4.74 Å². The van der Waals surface area contributed by atoms with Crippen molar-refractivity contribution >= 4 is 17.6 Å². The maximum absolute atomic E-state index is 11.2. The van der Waals surface area contributed by atoms with Crippen LogP contribution in [0.3, 0.4) is 0 Å². The Bertz CT molecular complexity index is 646. The van der Waals surface area contributed by atoms with Gasteiger partial charge in [-0.3, -0.25) is 0 Å². The minimum Gasteiger partial charge on any atom is -0.463 e. The first-order valence-corrected chi connectivity index (χ1v) is 5.10. The van der Waals surface area contributed by atoms with E-state index in [1.165, 1.54) is 30.4 Å². The van der Waals surface area contributed by atoms with E-state index in [0.717, 1.165) is 0 Å². The number of ether oxygens (including phenoxy) is 1. The molecule has 0 aromatic carbocycles. The van der Waals surface area contributed by atoms with Crippen molar-refractivity contribution < 1.29 is 9.53 Å². The molecule has 0 unspecified atom stereocenters. The number of nitriles is 1. The average molecular weight is 264 g/mol. The molecule has 0 aliphatic heterocycles. The average Bonchev–Trinajstić information content (AvgIpc) is 2.87. The topological polar surface area (TPSA) is 93.7 Å². The monoisotopic (exact) mass is 263 g/mol. The molecule has 0 saturated carbocycles. The number of rotatable bonds is 2. The van der Waals surface area contributed by atoms with Gasteiger partial charge in [-0.25, -0.2) is 19.4 Å². The molecule has 2 aromatic heterocycles. The van der Waals surface area contributed by atoms with E-state index in [4.69, 9.17) is 16.9 Å². The summed E-state index contributed by atoms with van der Waals surface area (Å²) in [5.41, 5.74) is 0.261. The lowest BCUT2D eigenvalue weighted by Gasteiger charge is -2.02. The van der Waals surface area contributed by atoms with Gasteiger partial charge in [-0.1, -0.05) is 11.6 Å². The van der Waals surface area contributed by atoms with Gasteiger partial charge in [0.25, 0.3) is 5.82 Å². The van der Waals surface area contributed by atoms with Crippen molar-refractivity contribution in [3.05, 3.63) is 35.0 Å². The first kappa shape index (κ1) is 12.0. The van der Waals surface area contributed by atoms with Crippen LogP contribution in [0, 0.1) is 11.3 Å². The number of esters is 1. The summed E-state index contributed by atoms with van der Waals surface area (Å²) in [7, 11) is 1.23. The summed E-state index contributed by atoms with van der Waals surface area (Å²) in [6.45, 7) is 0. The number of carbonyl (C=O) groups excluding carboxylic acids is 1. The molecule has 2 heterocycles. The zero-order valence-corrected chi connectivity index (χ0v) is 9.92. The standard InChI is InChI=1S/C10H6ClN5O2/c1-18-10(17)8-14-5-16(15-8)9-7(11)6(4-12)2-3-13-9/h2-3,5H,1H3. The van der Waals surface area contributed by atoms with Gasteiger partial charge >= 0.3 is 5.97 Å². The lowest BCUT2D eigenvalue weighted by atomic mass is 10.3. The molecule has 0 aliphatic rings. The van der Waals surface area contributed by atoms with Crippen molar-refractivity contribution in [1.29, 1.82) is 5.26 Å². The zero-order chi connectivity index (χ0) is 13.1. The lowest BCUT2D eigenvalue weighted by molar-refractivity contribution is 0.0587. The second kappa shape index (κ2) is 4.81. The molecule has 18 heavy (non-hydrogen) atoms. The third-order valence-electron chi connectivity index (χ3n) is 2.07. The van der Waals surface area contributed by atoms with Crippen LogP contribution < -0.4 is 0 Å². The van der Waals surface area contributed by atoms with Gasteiger partial charge in [0.05, 0.1) is 12.7 Å². The molecule has 2 rings (SSSR count). The van der Waals surface area contributed by atoms with Crippen LogP contribution >= 0.6 is 11.6 Å². The van der Waals surface area contributed by atoms with Crippen LogP contribution in [0.2, 0.25) is 5.02 Å². The first-order chi connectivity index (χ1) is 8.67. The van der Waals surface area contributed by atoms with Crippen molar-refractivity contribution in [2.75, 3.05) is 7.11 Å². The van der Waals surface area contributed by atoms with E-state index in [0.29, 0.717) is 0 Å². The van der Waals surface area contributed by atoms with E-state index in [9.17, 15) is 4.79 Å². The maximum atomic E-state index is 11.2. The molecular weight excluding hydrogens is 258 g/mol. The summed E-state index contributed by atoms with van der Waals surface area (Å²) in [5, 5.41) is 12.8. The fourth-order valence-corrected chi connectivity index (χ4v) is 1.47. The van der Waals surface area contributed by atoms with Gasteiger partial charge in [0.1, 0.15) is 17.4 Å². The van der Waals surface area contributed by atoms with Gasteiger partial charge in [0.15, 0.2) is 5.82 Å². The highest BCUT2D eigenvalue weighted by Crippen LogP contribution is 2.20. The second-order valence-electron chi connectivity index (χ2n) is 3.11. The Kier molecular flexibility index (Phi) is 3.21. The predicted octanol–water partition coefficient (Wildman–Crippen LogP) is 0.974. The largest absolute Gasteiger partial charge is 0.463 e. The molecule has 0 fully saturated rings. The molecule has 0 spiro atoms. The molecule has 0 radical (unpaired) electrons. The Morgan fingerprint density at radius 2 is 2.33 bits per heavy atom. The molecule has 0 aliphatic carbocycles. The Hall–Kier alpha value is -2.46. The van der Waals surface area contributed by atoms with Crippen LogP contribution in [0.25, 0.3) is 5.82 Å². The molecular formula is C10H6ClN5O2. The quantitative estimate of drug-likeness (QED) is 0.750. The Morgan fingerprint density at radius 3 is 3.00 bits per heavy atom. The van der Waals surface area contributed by atoms with Crippen molar-refractivity contribution in [3.63, 3.8) is 0 Å². The number of halogens is 1. The number of hydrogen-bond acceptors (Lipinski definition) is 6. The molecule has 0 saturated heterocycles. The molecule has 8 heteroatoms. The third-order valence-corrected chi connectivity index (χ3v) is 2.44. The lowest BCUT2D eigenvalue weighted by Crippen LogP contribution is -2.06. The van der Waals surface area contributed by atoms with Crippen molar-refractivity contribution in [2.45, 2.75) is 0 Å². The molecule has 90 valence electrons. The summed E-state index contributed by atoms with van der Waals surface area (Å²) in [4.78, 5) is 18.9. The predicted molar refractivity (Wildman–Crippen MR) is 60.2 cm³/mol. The van der Waals surface area contributed by atoms with E-state index in [2.05, 4.69) is 19.8 Å². The van der Waals surface area contributed by atoms with Crippen molar-refractivity contribution in [3.8, 4) is 11.9 Å². The highest BCUT2D eigenvalue weighted by atomic mass is 35.5. The second-order valence-corrected chi connectivity index (χ2v) is 3.49. The summed E-state index contributed by atoms with van der Waals surface area (Å²) in [5.74, 6) is -0.558. The highest BCUT2D eigenvalue weighted by molar-refractivity contribution is 6.33. The minimum absolute atomic E-state index is 0.113. The van der Waals surface area contributed by atoms with Crippen molar-refractivity contribution in [1.82, 2.24) is 19.7 Å². The number of carbonyl (C=O) groups is 1. The molecule has 0 amide bonds. The third kappa shape index (κ3) is 2.01. The van der Waals surface area contributed by atoms with Crippen LogP contribution in [0.15, 0.2) is 18.6 Å². The van der Waals surface area contributed by atoms with Crippen LogP contribution in [0.1, 0.15) is 16.2 Å². The van der Waals surface area contributed by atoms with E-state index in [1.54, 1.807) is 0 Å². The van der Waals surface area contributed by atoms with Crippen LogP contribution in [0.4, 0.5) is 0 Å².